The van der Waals surface area contributed by atoms with Crippen LogP contribution >= 0.6 is 0 Å². The molecule has 3 heteroatoms. The molecular weight excluding hydrogens is 248 g/mol. The van der Waals surface area contributed by atoms with E-state index in [2.05, 4.69) is 23.9 Å². The van der Waals surface area contributed by atoms with E-state index in [1.165, 1.54) is 12.8 Å². The lowest BCUT2D eigenvalue weighted by Gasteiger charge is -2.23. The molecule has 0 spiro atoms. The van der Waals surface area contributed by atoms with Crippen LogP contribution in [0.2, 0.25) is 0 Å². The van der Waals surface area contributed by atoms with Gasteiger partial charge in [-0.05, 0) is 51.8 Å². The average molecular weight is 270 g/mol. The van der Waals surface area contributed by atoms with Crippen molar-refractivity contribution in [2.45, 2.75) is 39.3 Å². The number of aromatic nitrogens is 1. The number of hydrogen-bond donors (Lipinski definition) is 0. The lowest BCUT2D eigenvalue weighted by Crippen LogP contribution is -2.30. The predicted molar refractivity (Wildman–Crippen MR) is 80.3 cm³/mol. The molecule has 1 aliphatic rings. The lowest BCUT2D eigenvalue weighted by atomic mass is 10.2. The van der Waals surface area contributed by atoms with Gasteiger partial charge in [-0.25, -0.2) is 4.98 Å². The van der Waals surface area contributed by atoms with Gasteiger partial charge < -0.3 is 4.42 Å². The van der Waals surface area contributed by atoms with Crippen molar-refractivity contribution < 1.29 is 4.42 Å². The first-order valence-electron chi connectivity index (χ1n) is 7.37. The minimum absolute atomic E-state index is 0.631. The SMILES string of the molecule is Cc1oc(-c2ccccc2)nc1CN(C)C(C)C1CC1. The summed E-state index contributed by atoms with van der Waals surface area (Å²) in [6, 6.07) is 10.7. The van der Waals surface area contributed by atoms with E-state index >= 15 is 0 Å². The monoisotopic (exact) mass is 270 g/mol. The average Bonchev–Trinajstić information content (AvgIpc) is 3.24. The molecule has 0 amide bonds. The zero-order chi connectivity index (χ0) is 14.1. The number of hydrogen-bond acceptors (Lipinski definition) is 3. The first-order chi connectivity index (χ1) is 9.65. The van der Waals surface area contributed by atoms with Crippen LogP contribution in [0.15, 0.2) is 34.7 Å². The Balaban J connectivity index is 1.75. The van der Waals surface area contributed by atoms with Gasteiger partial charge in [0.25, 0.3) is 0 Å². The number of benzene rings is 1. The van der Waals surface area contributed by atoms with Crippen molar-refractivity contribution in [3.8, 4) is 11.5 Å². The molecule has 3 nitrogen and oxygen atoms in total. The Hall–Kier alpha value is -1.61. The quantitative estimate of drug-likeness (QED) is 0.825. The van der Waals surface area contributed by atoms with Crippen molar-refractivity contribution in [3.05, 3.63) is 41.8 Å². The molecule has 106 valence electrons. The summed E-state index contributed by atoms with van der Waals surface area (Å²) in [7, 11) is 2.18. The zero-order valence-electron chi connectivity index (χ0n) is 12.5. The lowest BCUT2D eigenvalue weighted by molar-refractivity contribution is 0.223. The first-order valence-corrected chi connectivity index (χ1v) is 7.37. The zero-order valence-corrected chi connectivity index (χ0v) is 12.5. The molecule has 20 heavy (non-hydrogen) atoms. The van der Waals surface area contributed by atoms with Crippen LogP contribution in [0.25, 0.3) is 11.5 Å². The second-order valence-corrected chi connectivity index (χ2v) is 5.88. The Labute approximate surface area is 120 Å². The molecule has 0 bridgehead atoms. The third kappa shape index (κ3) is 2.78. The molecule has 2 aromatic rings. The van der Waals surface area contributed by atoms with Crippen molar-refractivity contribution in [2.75, 3.05) is 7.05 Å². The van der Waals surface area contributed by atoms with Crippen LogP contribution in [0.5, 0.6) is 0 Å². The largest absolute Gasteiger partial charge is 0.441 e. The van der Waals surface area contributed by atoms with Crippen molar-refractivity contribution in [1.29, 1.82) is 0 Å². The Morgan fingerprint density at radius 1 is 1.30 bits per heavy atom. The second-order valence-electron chi connectivity index (χ2n) is 5.88. The van der Waals surface area contributed by atoms with E-state index in [1.807, 2.05) is 37.3 Å². The summed E-state index contributed by atoms with van der Waals surface area (Å²) in [6.45, 7) is 5.18. The van der Waals surface area contributed by atoms with Crippen molar-refractivity contribution in [2.24, 2.45) is 5.92 Å². The van der Waals surface area contributed by atoms with E-state index in [-0.39, 0.29) is 0 Å². The van der Waals surface area contributed by atoms with Crippen LogP contribution in [0.3, 0.4) is 0 Å². The van der Waals surface area contributed by atoms with Gasteiger partial charge in [0.05, 0.1) is 5.69 Å². The van der Waals surface area contributed by atoms with Gasteiger partial charge in [0.1, 0.15) is 5.76 Å². The Morgan fingerprint density at radius 3 is 2.65 bits per heavy atom. The molecule has 1 aromatic carbocycles. The molecule has 0 aliphatic heterocycles. The molecular formula is C17H22N2O. The van der Waals surface area contributed by atoms with Gasteiger partial charge in [0, 0.05) is 18.2 Å². The number of nitrogens with zero attached hydrogens (tertiary/aromatic N) is 2. The summed E-state index contributed by atoms with van der Waals surface area (Å²) in [5, 5.41) is 0. The van der Waals surface area contributed by atoms with Crippen LogP contribution in [0, 0.1) is 12.8 Å². The summed E-state index contributed by atoms with van der Waals surface area (Å²) in [5.74, 6) is 2.53. The summed E-state index contributed by atoms with van der Waals surface area (Å²) in [5.41, 5.74) is 2.10. The summed E-state index contributed by atoms with van der Waals surface area (Å²) in [4.78, 5) is 7.06. The first kappa shape index (κ1) is 13.4. The van der Waals surface area contributed by atoms with Crippen LogP contribution in [0.4, 0.5) is 0 Å². The third-order valence-electron chi connectivity index (χ3n) is 4.31. The Bertz CT molecular complexity index is 572. The van der Waals surface area contributed by atoms with Gasteiger partial charge in [-0.3, -0.25) is 4.90 Å². The van der Waals surface area contributed by atoms with Gasteiger partial charge in [0.2, 0.25) is 5.89 Å². The molecule has 0 N–H and O–H groups in total. The summed E-state index contributed by atoms with van der Waals surface area (Å²) >= 11 is 0. The molecule has 1 aromatic heterocycles. The molecule has 1 unspecified atom stereocenters. The smallest absolute Gasteiger partial charge is 0.226 e. The fourth-order valence-electron chi connectivity index (χ4n) is 2.60. The van der Waals surface area contributed by atoms with Gasteiger partial charge in [0.15, 0.2) is 0 Å². The summed E-state index contributed by atoms with van der Waals surface area (Å²) < 4.78 is 5.82. The molecule has 1 atom stereocenters. The fourth-order valence-corrected chi connectivity index (χ4v) is 2.60. The van der Waals surface area contributed by atoms with E-state index < -0.39 is 0 Å². The maximum atomic E-state index is 5.82. The highest BCUT2D eigenvalue weighted by Gasteiger charge is 2.30. The molecule has 1 aliphatic carbocycles. The molecule has 0 radical (unpaired) electrons. The van der Waals surface area contributed by atoms with E-state index in [4.69, 9.17) is 4.42 Å². The fraction of sp³-hybridized carbons (Fsp3) is 0.471. The van der Waals surface area contributed by atoms with E-state index in [0.29, 0.717) is 6.04 Å². The maximum Gasteiger partial charge on any atom is 0.226 e. The number of oxazole rings is 1. The predicted octanol–water partition coefficient (Wildman–Crippen LogP) is 3.88. The van der Waals surface area contributed by atoms with Gasteiger partial charge in [-0.1, -0.05) is 18.2 Å². The minimum atomic E-state index is 0.631. The molecule has 0 saturated heterocycles. The van der Waals surface area contributed by atoms with Crippen molar-refractivity contribution in [1.82, 2.24) is 9.88 Å². The highest BCUT2D eigenvalue weighted by Crippen LogP contribution is 2.35. The van der Waals surface area contributed by atoms with Crippen molar-refractivity contribution in [3.63, 3.8) is 0 Å². The third-order valence-corrected chi connectivity index (χ3v) is 4.31. The van der Waals surface area contributed by atoms with Crippen LogP contribution in [-0.4, -0.2) is 23.0 Å². The van der Waals surface area contributed by atoms with Gasteiger partial charge in [-0.2, -0.15) is 0 Å². The van der Waals surface area contributed by atoms with Crippen LogP contribution < -0.4 is 0 Å². The Morgan fingerprint density at radius 2 is 2.00 bits per heavy atom. The van der Waals surface area contributed by atoms with E-state index in [9.17, 15) is 0 Å². The highest BCUT2D eigenvalue weighted by molar-refractivity contribution is 5.53. The molecule has 1 fully saturated rings. The van der Waals surface area contributed by atoms with E-state index in [1.54, 1.807) is 0 Å². The highest BCUT2D eigenvalue weighted by atomic mass is 16.4. The normalized spacial score (nSPS) is 16.6. The van der Waals surface area contributed by atoms with Crippen LogP contribution in [-0.2, 0) is 6.54 Å². The second kappa shape index (κ2) is 5.41. The molecule has 1 saturated carbocycles. The number of rotatable bonds is 5. The van der Waals surface area contributed by atoms with E-state index in [0.717, 1.165) is 35.4 Å². The maximum absolute atomic E-state index is 5.82. The standard InChI is InChI=1S/C17H22N2O/c1-12(14-9-10-14)19(3)11-16-13(2)20-17(18-16)15-7-5-4-6-8-15/h4-8,12,14H,9-11H2,1-3H3. The van der Waals surface area contributed by atoms with Crippen LogP contribution in [0.1, 0.15) is 31.2 Å². The Kier molecular flexibility index (Phi) is 3.62. The van der Waals surface area contributed by atoms with Gasteiger partial charge >= 0.3 is 0 Å². The van der Waals surface area contributed by atoms with Crippen molar-refractivity contribution >= 4 is 0 Å². The minimum Gasteiger partial charge on any atom is -0.441 e. The molecule has 3 rings (SSSR count). The topological polar surface area (TPSA) is 29.3 Å². The molecule has 1 heterocycles. The summed E-state index contributed by atoms with van der Waals surface area (Å²) in [6.07, 6.45) is 2.75. The number of aryl methyl sites for hydroxylation is 1. The van der Waals surface area contributed by atoms with Gasteiger partial charge in [-0.15, -0.1) is 0 Å².